The van der Waals surface area contributed by atoms with Crippen LogP contribution in [0.5, 0.6) is 0 Å². The molecule has 1 N–H and O–H groups in total. The second kappa shape index (κ2) is 4.77. The minimum absolute atomic E-state index is 0.175. The average molecular weight is 284 g/mol. The highest BCUT2D eigenvalue weighted by Gasteiger charge is 2.32. The van der Waals surface area contributed by atoms with Gasteiger partial charge in [0.15, 0.2) is 4.77 Å². The van der Waals surface area contributed by atoms with Crippen molar-refractivity contribution < 1.29 is 13.2 Å². The highest BCUT2D eigenvalue weighted by molar-refractivity contribution is 7.71. The van der Waals surface area contributed by atoms with E-state index in [4.69, 9.17) is 12.2 Å². The third-order valence-corrected chi connectivity index (χ3v) is 3.12. The molecule has 0 fully saturated rings. The van der Waals surface area contributed by atoms with Crippen molar-refractivity contribution in [2.24, 2.45) is 0 Å². The maximum Gasteiger partial charge on any atom is 0.431 e. The summed E-state index contributed by atoms with van der Waals surface area (Å²) in [5.41, 5.74) is 1.89. The Hall–Kier alpha value is -1.69. The molecule has 1 aromatic heterocycles. The number of aryl methyl sites for hydroxylation is 1. The van der Waals surface area contributed by atoms with E-state index in [2.05, 4.69) is 9.97 Å². The molecule has 0 atom stereocenters. The van der Waals surface area contributed by atoms with Crippen LogP contribution in [0.2, 0.25) is 0 Å². The van der Waals surface area contributed by atoms with Gasteiger partial charge >= 0.3 is 6.18 Å². The van der Waals surface area contributed by atoms with Gasteiger partial charge in [0.05, 0.1) is 5.69 Å². The highest BCUT2D eigenvalue weighted by atomic mass is 32.1. The van der Waals surface area contributed by atoms with Gasteiger partial charge in [-0.3, -0.25) is 0 Å². The van der Waals surface area contributed by atoms with E-state index in [-0.39, 0.29) is 10.5 Å². The molecule has 2 rings (SSSR count). The monoisotopic (exact) mass is 284 g/mol. The molecule has 2 aromatic rings. The molecule has 1 heterocycles. The van der Waals surface area contributed by atoms with Gasteiger partial charge in [-0.15, -0.1) is 0 Å². The number of aromatic amines is 1. The molecule has 0 spiro atoms. The smallest absolute Gasteiger partial charge is 0.327 e. The lowest BCUT2D eigenvalue weighted by atomic mass is 10.0. The summed E-state index contributed by atoms with van der Waals surface area (Å²) in [5, 5.41) is 0. The number of benzene rings is 1. The average Bonchev–Trinajstić information content (AvgIpc) is 2.31. The van der Waals surface area contributed by atoms with Crippen LogP contribution in [-0.4, -0.2) is 9.97 Å². The van der Waals surface area contributed by atoms with Crippen LogP contribution in [0.25, 0.3) is 11.3 Å². The second-order valence-corrected chi connectivity index (χ2v) is 4.62. The summed E-state index contributed by atoms with van der Waals surface area (Å²) < 4.78 is 38.0. The molecule has 0 radical (unpaired) electrons. The summed E-state index contributed by atoms with van der Waals surface area (Å²) in [6.45, 7) is 3.74. The fourth-order valence-electron chi connectivity index (χ4n) is 1.78. The van der Waals surface area contributed by atoms with Crippen molar-refractivity contribution in [2.45, 2.75) is 20.0 Å². The minimum Gasteiger partial charge on any atom is -0.327 e. The molecular weight excluding hydrogens is 273 g/mol. The van der Waals surface area contributed by atoms with Gasteiger partial charge < -0.3 is 4.98 Å². The standard InChI is InChI=1S/C13H11F3N2S/c1-7-4-3-5-9(8(7)2)10-6-11(13(14,15)16)18-12(19)17-10/h3-6H,1-2H3,(H,17,18,19). The van der Waals surface area contributed by atoms with Crippen molar-refractivity contribution >= 4 is 12.2 Å². The first-order valence-corrected chi connectivity index (χ1v) is 5.95. The van der Waals surface area contributed by atoms with Crippen LogP contribution < -0.4 is 0 Å². The van der Waals surface area contributed by atoms with E-state index in [0.717, 1.165) is 17.2 Å². The largest absolute Gasteiger partial charge is 0.431 e. The predicted octanol–water partition coefficient (Wildman–Crippen LogP) is 4.44. The summed E-state index contributed by atoms with van der Waals surface area (Å²) >= 11 is 4.77. The summed E-state index contributed by atoms with van der Waals surface area (Å²) in [6, 6.07) is 6.40. The molecule has 0 aliphatic heterocycles. The van der Waals surface area contributed by atoms with E-state index in [9.17, 15) is 13.2 Å². The van der Waals surface area contributed by atoms with Gasteiger partial charge in [-0.2, -0.15) is 13.2 Å². The molecule has 0 unspecified atom stereocenters. The van der Waals surface area contributed by atoms with Gasteiger partial charge in [-0.25, -0.2) is 4.98 Å². The van der Waals surface area contributed by atoms with Gasteiger partial charge in [0.25, 0.3) is 0 Å². The quantitative estimate of drug-likeness (QED) is 0.784. The third-order valence-electron chi connectivity index (χ3n) is 2.93. The Kier molecular flexibility index (Phi) is 3.45. The van der Waals surface area contributed by atoms with Gasteiger partial charge in [-0.1, -0.05) is 18.2 Å². The Morgan fingerprint density at radius 3 is 2.53 bits per heavy atom. The Labute approximate surface area is 113 Å². The first-order valence-electron chi connectivity index (χ1n) is 5.54. The van der Waals surface area contributed by atoms with Crippen LogP contribution in [0.1, 0.15) is 16.8 Å². The fourth-order valence-corrected chi connectivity index (χ4v) is 1.99. The van der Waals surface area contributed by atoms with Crippen LogP contribution in [-0.2, 0) is 6.18 Å². The Balaban J connectivity index is 2.67. The molecule has 0 bridgehead atoms. The molecule has 0 saturated carbocycles. The number of H-pyrrole nitrogens is 1. The molecule has 0 aliphatic rings. The van der Waals surface area contributed by atoms with Crippen LogP contribution >= 0.6 is 12.2 Å². The van der Waals surface area contributed by atoms with Gasteiger partial charge in [0.1, 0.15) is 5.69 Å². The van der Waals surface area contributed by atoms with Gasteiger partial charge in [0, 0.05) is 5.56 Å². The maximum absolute atomic E-state index is 12.7. The van der Waals surface area contributed by atoms with E-state index in [1.807, 2.05) is 19.9 Å². The van der Waals surface area contributed by atoms with Crippen molar-refractivity contribution in [1.82, 2.24) is 9.97 Å². The number of nitrogens with zero attached hydrogens (tertiary/aromatic N) is 1. The summed E-state index contributed by atoms with van der Waals surface area (Å²) in [6.07, 6.45) is -4.47. The van der Waals surface area contributed by atoms with Gasteiger partial charge in [-0.05, 0) is 43.3 Å². The van der Waals surface area contributed by atoms with E-state index in [1.165, 1.54) is 0 Å². The predicted molar refractivity (Wildman–Crippen MR) is 69.3 cm³/mol. The lowest BCUT2D eigenvalue weighted by Gasteiger charge is -2.11. The topological polar surface area (TPSA) is 28.7 Å². The van der Waals surface area contributed by atoms with Crippen LogP contribution in [0.3, 0.4) is 0 Å². The van der Waals surface area contributed by atoms with Crippen molar-refractivity contribution in [3.63, 3.8) is 0 Å². The number of halogens is 3. The molecule has 19 heavy (non-hydrogen) atoms. The second-order valence-electron chi connectivity index (χ2n) is 4.23. The molecule has 100 valence electrons. The van der Waals surface area contributed by atoms with E-state index >= 15 is 0 Å². The third kappa shape index (κ3) is 2.84. The fraction of sp³-hybridized carbons (Fsp3) is 0.231. The first kappa shape index (κ1) is 13.7. The molecule has 0 saturated heterocycles. The van der Waals surface area contributed by atoms with Crippen LogP contribution in [0.15, 0.2) is 24.3 Å². The van der Waals surface area contributed by atoms with Crippen molar-refractivity contribution in [3.05, 3.63) is 45.9 Å². The van der Waals surface area contributed by atoms with Crippen LogP contribution in [0.4, 0.5) is 13.2 Å². The number of alkyl halides is 3. The van der Waals surface area contributed by atoms with Crippen LogP contribution in [0, 0.1) is 18.6 Å². The lowest BCUT2D eigenvalue weighted by molar-refractivity contribution is -0.141. The zero-order chi connectivity index (χ0) is 14.2. The zero-order valence-electron chi connectivity index (χ0n) is 10.3. The van der Waals surface area contributed by atoms with Crippen molar-refractivity contribution in [1.29, 1.82) is 0 Å². The molecule has 0 aliphatic carbocycles. The Morgan fingerprint density at radius 1 is 1.21 bits per heavy atom. The number of nitrogens with one attached hydrogen (secondary N) is 1. The molecular formula is C13H11F3N2S. The Bertz CT molecular complexity index is 674. The maximum atomic E-state index is 12.7. The number of hydrogen-bond acceptors (Lipinski definition) is 2. The Morgan fingerprint density at radius 2 is 1.89 bits per heavy atom. The molecule has 6 heteroatoms. The zero-order valence-corrected chi connectivity index (χ0v) is 11.1. The van der Waals surface area contributed by atoms with Gasteiger partial charge in [0.2, 0.25) is 0 Å². The van der Waals surface area contributed by atoms with E-state index < -0.39 is 11.9 Å². The first-order chi connectivity index (χ1) is 8.79. The minimum atomic E-state index is -4.47. The molecule has 0 amide bonds. The van der Waals surface area contributed by atoms with Crippen molar-refractivity contribution in [2.75, 3.05) is 0 Å². The summed E-state index contributed by atoms with van der Waals surface area (Å²) in [5.74, 6) is 0. The normalized spacial score (nSPS) is 11.6. The van der Waals surface area contributed by atoms with E-state index in [1.54, 1.807) is 12.1 Å². The lowest BCUT2D eigenvalue weighted by Crippen LogP contribution is -2.09. The molecule has 1 aromatic carbocycles. The number of hydrogen-bond donors (Lipinski definition) is 1. The SMILES string of the molecule is Cc1cccc(-c2cc(C(F)(F)F)[nH]c(=S)n2)c1C. The highest BCUT2D eigenvalue weighted by Crippen LogP contribution is 2.31. The van der Waals surface area contributed by atoms with E-state index in [0.29, 0.717) is 5.56 Å². The summed E-state index contributed by atoms with van der Waals surface area (Å²) in [4.78, 5) is 6.05. The summed E-state index contributed by atoms with van der Waals surface area (Å²) in [7, 11) is 0. The molecule has 2 nitrogen and oxygen atoms in total. The van der Waals surface area contributed by atoms with Crippen molar-refractivity contribution in [3.8, 4) is 11.3 Å². The number of rotatable bonds is 1. The number of aromatic nitrogens is 2.